The zero-order valence-corrected chi connectivity index (χ0v) is 18.2. The van der Waals surface area contributed by atoms with E-state index in [-0.39, 0.29) is 0 Å². The Bertz CT molecular complexity index is 1400. The molecule has 0 saturated heterocycles. The number of aryl methyl sites for hydroxylation is 1. The maximum absolute atomic E-state index is 13.2. The molecule has 2 heterocycles. The van der Waals surface area contributed by atoms with Gasteiger partial charge in [0, 0.05) is 30.9 Å². The Hall–Kier alpha value is -2.96. The van der Waals surface area contributed by atoms with Crippen LogP contribution in [-0.2, 0) is 14.1 Å². The van der Waals surface area contributed by atoms with Gasteiger partial charge in [-0.3, -0.25) is 13.9 Å². The minimum absolute atomic E-state index is 0.384. The number of para-hydroxylation sites is 2. The number of aromatic nitrogens is 3. The first-order valence-electron chi connectivity index (χ1n) is 9.33. The number of hydrogen-bond donors (Lipinski definition) is 0. The molecule has 0 atom stereocenters. The molecule has 0 amide bonds. The highest BCUT2D eigenvalue weighted by atomic mass is 35.5. The van der Waals surface area contributed by atoms with Crippen LogP contribution in [0.25, 0.3) is 27.8 Å². The first kappa shape index (κ1) is 20.3. The van der Waals surface area contributed by atoms with Crippen LogP contribution < -0.4 is 16.0 Å². The summed E-state index contributed by atoms with van der Waals surface area (Å²) in [5.74, 6) is 0.647. The van der Waals surface area contributed by atoms with Crippen molar-refractivity contribution in [2.75, 3.05) is 6.61 Å². The molecule has 4 rings (SSSR count). The lowest BCUT2D eigenvalue weighted by Crippen LogP contribution is -2.36. The Balaban J connectivity index is 2.22. The van der Waals surface area contributed by atoms with Crippen LogP contribution in [0.5, 0.6) is 5.75 Å². The molecular formula is C22H19Cl2N3O3. The first-order chi connectivity index (χ1) is 14.3. The van der Waals surface area contributed by atoms with E-state index >= 15 is 0 Å². The summed E-state index contributed by atoms with van der Waals surface area (Å²) in [6.45, 7) is 2.38. The Morgan fingerprint density at radius 1 is 1.00 bits per heavy atom. The van der Waals surface area contributed by atoms with E-state index in [9.17, 15) is 9.59 Å². The average molecular weight is 444 g/mol. The zero-order chi connectivity index (χ0) is 21.6. The molecule has 30 heavy (non-hydrogen) atoms. The van der Waals surface area contributed by atoms with Gasteiger partial charge >= 0.3 is 5.69 Å². The minimum Gasteiger partial charge on any atom is -0.492 e. The molecule has 0 saturated carbocycles. The van der Waals surface area contributed by atoms with Crippen LogP contribution in [0.15, 0.2) is 58.3 Å². The molecule has 2 aromatic heterocycles. The Labute approximate surface area is 182 Å². The fourth-order valence-electron chi connectivity index (χ4n) is 3.61. The zero-order valence-electron chi connectivity index (χ0n) is 16.6. The average Bonchev–Trinajstić information content (AvgIpc) is 3.11. The van der Waals surface area contributed by atoms with Gasteiger partial charge in [-0.05, 0) is 37.3 Å². The van der Waals surface area contributed by atoms with Crippen molar-refractivity contribution in [1.82, 2.24) is 13.7 Å². The van der Waals surface area contributed by atoms with E-state index in [1.807, 2.05) is 35.8 Å². The number of halogens is 2. The molecule has 0 aliphatic heterocycles. The van der Waals surface area contributed by atoms with Crippen LogP contribution in [0, 0.1) is 0 Å². The summed E-state index contributed by atoms with van der Waals surface area (Å²) >= 11 is 12.6. The quantitative estimate of drug-likeness (QED) is 0.469. The first-order valence-corrected chi connectivity index (χ1v) is 10.1. The van der Waals surface area contributed by atoms with Gasteiger partial charge in [-0.25, -0.2) is 4.79 Å². The van der Waals surface area contributed by atoms with Gasteiger partial charge in [-0.2, -0.15) is 0 Å². The van der Waals surface area contributed by atoms with E-state index in [2.05, 4.69) is 0 Å². The maximum Gasteiger partial charge on any atom is 0.330 e. The molecule has 4 aromatic rings. The molecule has 6 nitrogen and oxygen atoms in total. The van der Waals surface area contributed by atoms with E-state index < -0.39 is 11.2 Å². The highest BCUT2D eigenvalue weighted by Gasteiger charge is 2.23. The maximum atomic E-state index is 13.2. The predicted molar refractivity (Wildman–Crippen MR) is 120 cm³/mol. The number of nitrogens with zero attached hydrogens (tertiary/aromatic N) is 3. The van der Waals surface area contributed by atoms with Crippen LogP contribution >= 0.6 is 23.2 Å². The number of hydrogen-bond acceptors (Lipinski definition) is 3. The molecule has 0 N–H and O–H groups in total. The van der Waals surface area contributed by atoms with E-state index in [1.54, 1.807) is 31.4 Å². The monoisotopic (exact) mass is 443 g/mol. The molecule has 8 heteroatoms. The van der Waals surface area contributed by atoms with E-state index in [4.69, 9.17) is 27.9 Å². The molecular weight excluding hydrogens is 425 g/mol. The fourth-order valence-corrected chi connectivity index (χ4v) is 4.11. The smallest absolute Gasteiger partial charge is 0.330 e. The van der Waals surface area contributed by atoms with Crippen molar-refractivity contribution in [3.05, 3.63) is 79.5 Å². The Morgan fingerprint density at radius 2 is 1.73 bits per heavy atom. The Morgan fingerprint density at radius 3 is 2.43 bits per heavy atom. The molecule has 0 unspecified atom stereocenters. The summed E-state index contributed by atoms with van der Waals surface area (Å²) < 4.78 is 10.2. The van der Waals surface area contributed by atoms with Gasteiger partial charge in [0.25, 0.3) is 5.56 Å². The SMILES string of the molecule is CCOc1ccccc1-n1cc2c(c1-c1ccc(Cl)cc1Cl)c(=O)n(C)c(=O)n2C. The van der Waals surface area contributed by atoms with Crippen molar-refractivity contribution in [3.8, 4) is 22.7 Å². The van der Waals surface area contributed by atoms with Gasteiger partial charge in [0.05, 0.1) is 33.9 Å². The van der Waals surface area contributed by atoms with Gasteiger partial charge in [-0.15, -0.1) is 0 Å². The highest BCUT2D eigenvalue weighted by Crippen LogP contribution is 2.38. The topological polar surface area (TPSA) is 58.2 Å². The van der Waals surface area contributed by atoms with Crippen molar-refractivity contribution >= 4 is 34.1 Å². The van der Waals surface area contributed by atoms with Gasteiger partial charge in [0.1, 0.15) is 5.75 Å². The van der Waals surface area contributed by atoms with Crippen molar-refractivity contribution in [3.63, 3.8) is 0 Å². The molecule has 0 fully saturated rings. The van der Waals surface area contributed by atoms with Crippen molar-refractivity contribution in [1.29, 1.82) is 0 Å². The van der Waals surface area contributed by atoms with Crippen LogP contribution in [0.3, 0.4) is 0 Å². The van der Waals surface area contributed by atoms with E-state index in [0.717, 1.165) is 10.3 Å². The van der Waals surface area contributed by atoms with Crippen LogP contribution in [0.2, 0.25) is 10.0 Å². The normalized spacial score (nSPS) is 11.2. The van der Waals surface area contributed by atoms with Gasteiger partial charge < -0.3 is 9.30 Å². The minimum atomic E-state index is -0.406. The summed E-state index contributed by atoms with van der Waals surface area (Å²) in [5.41, 5.74) is 1.60. The third-order valence-corrected chi connectivity index (χ3v) is 5.60. The molecule has 0 radical (unpaired) electrons. The summed E-state index contributed by atoms with van der Waals surface area (Å²) in [5, 5.41) is 1.27. The second-order valence-electron chi connectivity index (χ2n) is 6.84. The molecule has 2 aromatic carbocycles. The second kappa shape index (κ2) is 7.70. The van der Waals surface area contributed by atoms with Crippen LogP contribution in [0.4, 0.5) is 0 Å². The summed E-state index contributed by atoms with van der Waals surface area (Å²) in [6.07, 6.45) is 1.76. The largest absolute Gasteiger partial charge is 0.492 e. The molecule has 0 spiro atoms. The lowest BCUT2D eigenvalue weighted by molar-refractivity contribution is 0.339. The fraction of sp³-hybridized carbons (Fsp3) is 0.182. The van der Waals surface area contributed by atoms with Gasteiger partial charge in [0.2, 0.25) is 0 Å². The summed E-state index contributed by atoms with van der Waals surface area (Å²) in [6, 6.07) is 12.6. The third-order valence-electron chi connectivity index (χ3n) is 5.05. The van der Waals surface area contributed by atoms with Gasteiger partial charge in [0.15, 0.2) is 0 Å². The molecule has 0 aliphatic carbocycles. The lowest BCUT2D eigenvalue weighted by atomic mass is 10.1. The standard InChI is InChI=1S/C22H19Cl2N3O3/c1-4-30-18-8-6-5-7-16(18)27-12-17-19(21(28)26(3)22(29)25(17)2)20(27)14-10-9-13(23)11-15(14)24/h5-12H,4H2,1-3H3. The third kappa shape index (κ3) is 3.13. The molecule has 154 valence electrons. The number of ether oxygens (including phenoxy) is 1. The summed E-state index contributed by atoms with van der Waals surface area (Å²) in [7, 11) is 3.10. The molecule has 0 aliphatic rings. The number of fused-ring (bicyclic) bond motifs is 1. The van der Waals surface area contributed by atoms with Crippen LogP contribution in [-0.4, -0.2) is 20.3 Å². The van der Waals surface area contributed by atoms with Gasteiger partial charge in [-0.1, -0.05) is 35.3 Å². The van der Waals surface area contributed by atoms with Crippen molar-refractivity contribution in [2.24, 2.45) is 14.1 Å². The van der Waals surface area contributed by atoms with Crippen molar-refractivity contribution < 1.29 is 4.74 Å². The second-order valence-corrected chi connectivity index (χ2v) is 7.68. The summed E-state index contributed by atoms with van der Waals surface area (Å²) in [4.78, 5) is 25.7. The lowest BCUT2D eigenvalue weighted by Gasteiger charge is -2.15. The molecule has 0 bridgehead atoms. The van der Waals surface area contributed by atoms with E-state index in [1.165, 1.54) is 11.6 Å². The number of benzene rings is 2. The van der Waals surface area contributed by atoms with E-state index in [0.29, 0.717) is 44.6 Å². The van der Waals surface area contributed by atoms with Crippen molar-refractivity contribution in [2.45, 2.75) is 6.92 Å². The highest BCUT2D eigenvalue weighted by molar-refractivity contribution is 6.36. The Kier molecular flexibility index (Phi) is 5.22. The predicted octanol–water partition coefficient (Wildman–Crippen LogP) is 4.40. The number of rotatable bonds is 4. The van der Waals surface area contributed by atoms with Crippen LogP contribution in [0.1, 0.15) is 6.92 Å².